The van der Waals surface area contributed by atoms with Gasteiger partial charge in [0, 0.05) is 12.3 Å². The van der Waals surface area contributed by atoms with Gasteiger partial charge in [-0.15, -0.1) is 0 Å². The Morgan fingerprint density at radius 3 is 2.16 bits per heavy atom. The zero-order valence-electron chi connectivity index (χ0n) is 16.1. The molecule has 0 heterocycles. The summed E-state index contributed by atoms with van der Waals surface area (Å²) in [7, 11) is 0. The van der Waals surface area contributed by atoms with Crippen LogP contribution in [-0.2, 0) is 4.79 Å². The van der Waals surface area contributed by atoms with E-state index in [-0.39, 0.29) is 0 Å². The average molecular weight is 341 g/mol. The van der Waals surface area contributed by atoms with E-state index in [0.717, 1.165) is 38.0 Å². The first-order chi connectivity index (χ1) is 12.2. The van der Waals surface area contributed by atoms with Gasteiger partial charge in [-0.2, -0.15) is 0 Å². The highest BCUT2D eigenvalue weighted by atomic mass is 16.1. The third-order valence-electron chi connectivity index (χ3n) is 6.70. The minimum atomic E-state index is 0.388. The van der Waals surface area contributed by atoms with Crippen molar-refractivity contribution in [1.29, 1.82) is 0 Å². The van der Waals surface area contributed by atoms with Crippen molar-refractivity contribution in [3.8, 4) is 0 Å². The Kier molecular flexibility index (Phi) is 7.13. The molecule has 2 aliphatic carbocycles. The maximum Gasteiger partial charge on any atom is 0.135 e. The lowest BCUT2D eigenvalue weighted by molar-refractivity contribution is -0.123. The van der Waals surface area contributed by atoms with Crippen LogP contribution in [0.25, 0.3) is 0 Å². The lowest BCUT2D eigenvalue weighted by atomic mass is 9.82. The van der Waals surface area contributed by atoms with Gasteiger partial charge in [-0.3, -0.25) is 4.79 Å². The zero-order chi connectivity index (χ0) is 17.5. The van der Waals surface area contributed by atoms with Crippen LogP contribution in [0, 0.1) is 5.92 Å². The van der Waals surface area contributed by atoms with E-state index < -0.39 is 0 Å². The Morgan fingerprint density at radius 1 is 0.920 bits per heavy atom. The lowest BCUT2D eigenvalue weighted by Gasteiger charge is -2.22. The molecular formula is C24H36O. The molecular weight excluding hydrogens is 304 g/mol. The summed E-state index contributed by atoms with van der Waals surface area (Å²) < 4.78 is 0. The summed E-state index contributed by atoms with van der Waals surface area (Å²) in [4.78, 5) is 12.3. The summed E-state index contributed by atoms with van der Waals surface area (Å²) in [5.74, 6) is 2.30. The summed E-state index contributed by atoms with van der Waals surface area (Å²) in [6.45, 7) is 2.32. The van der Waals surface area contributed by atoms with Crippen LogP contribution in [0.4, 0.5) is 0 Å². The van der Waals surface area contributed by atoms with Gasteiger partial charge in [-0.05, 0) is 61.5 Å². The fourth-order valence-corrected chi connectivity index (χ4v) is 4.91. The molecule has 0 amide bonds. The Bertz CT molecular complexity index is 518. The second-order valence-corrected chi connectivity index (χ2v) is 8.60. The van der Waals surface area contributed by atoms with Crippen LogP contribution in [0.2, 0.25) is 0 Å². The molecule has 138 valence electrons. The number of carbonyl (C=O) groups excluding carboxylic acids is 1. The largest absolute Gasteiger partial charge is 0.299 e. The molecule has 0 radical (unpaired) electrons. The Morgan fingerprint density at radius 2 is 1.52 bits per heavy atom. The van der Waals surface area contributed by atoms with E-state index in [1.165, 1.54) is 56.9 Å². The van der Waals surface area contributed by atoms with Crippen molar-refractivity contribution in [2.45, 2.75) is 102 Å². The number of rotatable bonds is 7. The first kappa shape index (κ1) is 18.7. The molecule has 0 saturated heterocycles. The number of hydrogen-bond donors (Lipinski definition) is 0. The van der Waals surface area contributed by atoms with Gasteiger partial charge in [0.25, 0.3) is 0 Å². The van der Waals surface area contributed by atoms with Gasteiger partial charge in [0.2, 0.25) is 0 Å². The van der Waals surface area contributed by atoms with Crippen molar-refractivity contribution < 1.29 is 4.79 Å². The molecule has 1 unspecified atom stereocenters. The molecule has 0 aromatic heterocycles. The molecule has 1 heteroatoms. The van der Waals surface area contributed by atoms with Gasteiger partial charge < -0.3 is 0 Å². The van der Waals surface area contributed by atoms with Gasteiger partial charge in [-0.1, -0.05) is 69.7 Å². The first-order valence-corrected chi connectivity index (χ1v) is 10.9. The van der Waals surface area contributed by atoms with E-state index in [4.69, 9.17) is 0 Å². The summed E-state index contributed by atoms with van der Waals surface area (Å²) in [6, 6.07) is 9.43. The second kappa shape index (κ2) is 9.55. The molecule has 3 rings (SSSR count). The lowest BCUT2D eigenvalue weighted by Crippen LogP contribution is -2.17. The standard InChI is InChI=1S/C24H36O/c1-19(9-8-14-24(25)23-12-6-3-7-13-23)20-15-17-22(18-16-20)21-10-4-2-5-11-21/h15-19,21,23H,2-14H2,1H3. The number of benzene rings is 1. The second-order valence-electron chi connectivity index (χ2n) is 8.60. The zero-order valence-corrected chi connectivity index (χ0v) is 16.1. The van der Waals surface area contributed by atoms with Gasteiger partial charge in [0.15, 0.2) is 0 Å². The summed E-state index contributed by atoms with van der Waals surface area (Å²) in [6.07, 6.45) is 16.1. The molecule has 2 fully saturated rings. The SMILES string of the molecule is CC(CCCC(=O)C1CCCCC1)c1ccc(C2CCCCC2)cc1. The van der Waals surface area contributed by atoms with E-state index >= 15 is 0 Å². The Balaban J connectivity index is 1.43. The maximum atomic E-state index is 12.3. The quantitative estimate of drug-likeness (QED) is 0.514. The predicted octanol–water partition coefficient (Wildman–Crippen LogP) is 7.16. The number of hydrogen-bond acceptors (Lipinski definition) is 1. The minimum absolute atomic E-state index is 0.388. The molecule has 2 saturated carbocycles. The molecule has 1 nitrogen and oxygen atoms in total. The van der Waals surface area contributed by atoms with Gasteiger partial charge >= 0.3 is 0 Å². The monoisotopic (exact) mass is 340 g/mol. The van der Waals surface area contributed by atoms with Crippen molar-refractivity contribution in [2.24, 2.45) is 5.92 Å². The molecule has 0 bridgehead atoms. The molecule has 2 aliphatic rings. The van der Waals surface area contributed by atoms with Crippen LogP contribution in [-0.4, -0.2) is 5.78 Å². The molecule has 0 aliphatic heterocycles. The van der Waals surface area contributed by atoms with Crippen LogP contribution in [0.5, 0.6) is 0 Å². The predicted molar refractivity (Wildman–Crippen MR) is 106 cm³/mol. The van der Waals surface area contributed by atoms with Crippen molar-refractivity contribution >= 4 is 5.78 Å². The highest BCUT2D eigenvalue weighted by Gasteiger charge is 2.21. The Labute approximate surface area is 154 Å². The highest BCUT2D eigenvalue weighted by Crippen LogP contribution is 2.33. The molecule has 1 aromatic carbocycles. The molecule has 1 aromatic rings. The maximum absolute atomic E-state index is 12.3. The van der Waals surface area contributed by atoms with Gasteiger partial charge in [-0.25, -0.2) is 0 Å². The number of carbonyl (C=O) groups is 1. The molecule has 0 spiro atoms. The minimum Gasteiger partial charge on any atom is -0.299 e. The average Bonchev–Trinajstić information content (AvgIpc) is 2.69. The topological polar surface area (TPSA) is 17.1 Å². The van der Waals surface area contributed by atoms with Crippen LogP contribution in [0.3, 0.4) is 0 Å². The van der Waals surface area contributed by atoms with Crippen molar-refractivity contribution in [2.75, 3.05) is 0 Å². The first-order valence-electron chi connectivity index (χ1n) is 10.9. The molecule has 0 N–H and O–H groups in total. The third-order valence-corrected chi connectivity index (χ3v) is 6.70. The molecule has 25 heavy (non-hydrogen) atoms. The summed E-state index contributed by atoms with van der Waals surface area (Å²) >= 11 is 0. The van der Waals surface area contributed by atoms with Crippen LogP contribution < -0.4 is 0 Å². The van der Waals surface area contributed by atoms with Crippen molar-refractivity contribution in [1.82, 2.24) is 0 Å². The van der Waals surface area contributed by atoms with E-state index in [0.29, 0.717) is 17.6 Å². The number of Topliss-reactive ketones (excluding diaryl/α,β-unsaturated/α-hetero) is 1. The van der Waals surface area contributed by atoms with E-state index in [1.807, 2.05) is 0 Å². The summed E-state index contributed by atoms with van der Waals surface area (Å²) in [5, 5.41) is 0. The fourth-order valence-electron chi connectivity index (χ4n) is 4.91. The number of ketones is 1. The van der Waals surface area contributed by atoms with E-state index in [1.54, 1.807) is 5.56 Å². The van der Waals surface area contributed by atoms with Gasteiger partial charge in [0.1, 0.15) is 5.78 Å². The summed E-state index contributed by atoms with van der Waals surface area (Å²) in [5.41, 5.74) is 2.99. The van der Waals surface area contributed by atoms with Crippen LogP contribution in [0.15, 0.2) is 24.3 Å². The molecule has 1 atom stereocenters. The Hall–Kier alpha value is -1.11. The van der Waals surface area contributed by atoms with Crippen molar-refractivity contribution in [3.63, 3.8) is 0 Å². The normalized spacial score (nSPS) is 21.2. The van der Waals surface area contributed by atoms with E-state index in [2.05, 4.69) is 31.2 Å². The van der Waals surface area contributed by atoms with Crippen molar-refractivity contribution in [3.05, 3.63) is 35.4 Å². The van der Waals surface area contributed by atoms with Crippen LogP contribution >= 0.6 is 0 Å². The van der Waals surface area contributed by atoms with Gasteiger partial charge in [0.05, 0.1) is 0 Å². The van der Waals surface area contributed by atoms with E-state index in [9.17, 15) is 4.79 Å². The fraction of sp³-hybridized carbons (Fsp3) is 0.708. The third kappa shape index (κ3) is 5.43. The smallest absolute Gasteiger partial charge is 0.135 e. The van der Waals surface area contributed by atoms with Crippen LogP contribution in [0.1, 0.15) is 113 Å². The highest BCUT2D eigenvalue weighted by molar-refractivity contribution is 5.81.